The summed E-state index contributed by atoms with van der Waals surface area (Å²) in [6.45, 7) is 2.06. The molecule has 1 aromatic carbocycles. The van der Waals surface area contributed by atoms with Crippen molar-refractivity contribution in [2.45, 2.75) is 19.4 Å². The highest BCUT2D eigenvalue weighted by Gasteiger charge is 2.24. The van der Waals surface area contributed by atoms with Gasteiger partial charge < -0.3 is 5.11 Å². The summed E-state index contributed by atoms with van der Waals surface area (Å²) in [6, 6.07) is 7.57. The van der Waals surface area contributed by atoms with Crippen LogP contribution in [0, 0.1) is 6.92 Å². The molecular formula is C12H13NO2S. The molecule has 1 aliphatic rings. The third-order valence-electron chi connectivity index (χ3n) is 2.60. The van der Waals surface area contributed by atoms with Crippen LogP contribution in [0.15, 0.2) is 29.3 Å². The molecule has 1 N–H and O–H groups in total. The van der Waals surface area contributed by atoms with E-state index in [0.717, 1.165) is 11.5 Å². The van der Waals surface area contributed by atoms with Crippen LogP contribution in [-0.2, 0) is 11.2 Å². The van der Waals surface area contributed by atoms with Gasteiger partial charge in [0.2, 0.25) is 0 Å². The van der Waals surface area contributed by atoms with E-state index in [0.29, 0.717) is 5.75 Å². The molecule has 0 spiro atoms. The lowest BCUT2D eigenvalue weighted by Crippen LogP contribution is -2.17. The maximum atomic E-state index is 10.7. The minimum atomic E-state index is -0.827. The Kier molecular flexibility index (Phi) is 3.29. The first-order valence-corrected chi connectivity index (χ1v) is 6.12. The van der Waals surface area contributed by atoms with E-state index in [-0.39, 0.29) is 0 Å². The summed E-state index contributed by atoms with van der Waals surface area (Å²) < 4.78 is 0. The van der Waals surface area contributed by atoms with Crippen LogP contribution < -0.4 is 0 Å². The molecular weight excluding hydrogens is 222 g/mol. The number of carboxylic acids is 1. The molecule has 1 atom stereocenters. The summed E-state index contributed by atoms with van der Waals surface area (Å²) in [5.41, 5.74) is 2.45. The lowest BCUT2D eigenvalue weighted by atomic mass is 10.1. The van der Waals surface area contributed by atoms with Crippen LogP contribution in [0.3, 0.4) is 0 Å². The molecule has 4 heteroatoms. The zero-order valence-corrected chi connectivity index (χ0v) is 9.83. The second-order valence-electron chi connectivity index (χ2n) is 3.79. The van der Waals surface area contributed by atoms with Crippen LogP contribution in [0.5, 0.6) is 0 Å². The first-order valence-electron chi connectivity index (χ1n) is 5.13. The van der Waals surface area contributed by atoms with Crippen molar-refractivity contribution in [2.75, 3.05) is 5.75 Å². The highest BCUT2D eigenvalue weighted by molar-refractivity contribution is 8.14. The van der Waals surface area contributed by atoms with Crippen LogP contribution in [0.25, 0.3) is 0 Å². The van der Waals surface area contributed by atoms with E-state index in [4.69, 9.17) is 5.11 Å². The molecule has 0 aromatic heterocycles. The Bertz CT molecular complexity index is 442. The SMILES string of the molecule is Cc1ccccc1CC1=N[C@H](C(=O)O)CS1. The Balaban J connectivity index is 2.09. The molecule has 0 amide bonds. The summed E-state index contributed by atoms with van der Waals surface area (Å²) in [7, 11) is 0. The Morgan fingerprint density at radius 1 is 1.56 bits per heavy atom. The van der Waals surface area contributed by atoms with E-state index in [1.807, 2.05) is 12.1 Å². The van der Waals surface area contributed by atoms with E-state index in [1.54, 1.807) is 11.8 Å². The third-order valence-corrected chi connectivity index (χ3v) is 3.66. The number of aliphatic carboxylic acids is 1. The molecule has 84 valence electrons. The number of benzene rings is 1. The summed E-state index contributed by atoms with van der Waals surface area (Å²) in [5.74, 6) is -0.261. The number of carboxylic acid groups (broad SMARTS) is 1. The van der Waals surface area contributed by atoms with Crippen LogP contribution in [0.2, 0.25) is 0 Å². The summed E-state index contributed by atoms with van der Waals surface area (Å²) in [6.07, 6.45) is 0.751. The molecule has 0 saturated carbocycles. The van der Waals surface area contributed by atoms with Gasteiger partial charge in [-0.15, -0.1) is 11.8 Å². The maximum absolute atomic E-state index is 10.7. The van der Waals surface area contributed by atoms with Crippen molar-refractivity contribution in [3.05, 3.63) is 35.4 Å². The minimum Gasteiger partial charge on any atom is -0.480 e. The van der Waals surface area contributed by atoms with Gasteiger partial charge in [-0.1, -0.05) is 24.3 Å². The average molecular weight is 235 g/mol. The van der Waals surface area contributed by atoms with E-state index in [2.05, 4.69) is 24.0 Å². The highest BCUT2D eigenvalue weighted by Crippen LogP contribution is 2.22. The van der Waals surface area contributed by atoms with Crippen LogP contribution >= 0.6 is 11.8 Å². The normalized spacial score (nSPS) is 19.6. The number of hydrogen-bond donors (Lipinski definition) is 1. The Morgan fingerprint density at radius 2 is 2.31 bits per heavy atom. The van der Waals surface area contributed by atoms with Crippen molar-refractivity contribution in [3.63, 3.8) is 0 Å². The minimum absolute atomic E-state index is 0.552. The van der Waals surface area contributed by atoms with Gasteiger partial charge in [0.15, 0.2) is 6.04 Å². The summed E-state index contributed by atoms with van der Waals surface area (Å²) in [5, 5.41) is 9.76. The molecule has 0 fully saturated rings. The third kappa shape index (κ3) is 2.44. The molecule has 3 nitrogen and oxygen atoms in total. The Hall–Kier alpha value is -1.29. The smallest absolute Gasteiger partial charge is 0.329 e. The van der Waals surface area contributed by atoms with Gasteiger partial charge >= 0.3 is 5.97 Å². The van der Waals surface area contributed by atoms with Gasteiger partial charge in [0.25, 0.3) is 0 Å². The second-order valence-corrected chi connectivity index (χ2v) is 4.88. The van der Waals surface area contributed by atoms with E-state index < -0.39 is 12.0 Å². The Labute approximate surface area is 98.6 Å². The lowest BCUT2D eigenvalue weighted by molar-refractivity contribution is -0.137. The summed E-state index contributed by atoms with van der Waals surface area (Å²) in [4.78, 5) is 15.0. The molecule has 0 aliphatic carbocycles. The lowest BCUT2D eigenvalue weighted by Gasteiger charge is -2.03. The molecule has 0 radical (unpaired) electrons. The van der Waals surface area contributed by atoms with Gasteiger partial charge in [0.1, 0.15) is 0 Å². The van der Waals surface area contributed by atoms with E-state index >= 15 is 0 Å². The molecule has 0 saturated heterocycles. The number of nitrogens with zero attached hydrogens (tertiary/aromatic N) is 1. The quantitative estimate of drug-likeness (QED) is 0.873. The first kappa shape index (κ1) is 11.2. The number of aryl methyl sites for hydroxylation is 1. The van der Waals surface area contributed by atoms with Crippen LogP contribution in [0.1, 0.15) is 11.1 Å². The topological polar surface area (TPSA) is 49.7 Å². The van der Waals surface area contributed by atoms with E-state index in [9.17, 15) is 4.79 Å². The largest absolute Gasteiger partial charge is 0.480 e. The number of rotatable bonds is 3. The zero-order chi connectivity index (χ0) is 11.5. The fourth-order valence-electron chi connectivity index (χ4n) is 1.62. The van der Waals surface area contributed by atoms with Gasteiger partial charge in [-0.05, 0) is 18.1 Å². The van der Waals surface area contributed by atoms with Gasteiger partial charge in [-0.3, -0.25) is 4.99 Å². The highest BCUT2D eigenvalue weighted by atomic mass is 32.2. The monoisotopic (exact) mass is 235 g/mol. The standard InChI is InChI=1S/C12H13NO2S/c1-8-4-2-3-5-9(8)6-11-13-10(7-16-11)12(14)15/h2-5,10H,6-7H2,1H3,(H,14,15)/t10-/m0/s1. The summed E-state index contributed by atoms with van der Waals surface area (Å²) >= 11 is 1.55. The van der Waals surface area contributed by atoms with Gasteiger partial charge in [0, 0.05) is 12.2 Å². The van der Waals surface area contributed by atoms with Crippen LogP contribution in [0.4, 0.5) is 0 Å². The molecule has 1 aliphatic heterocycles. The second kappa shape index (κ2) is 4.70. The molecule has 0 bridgehead atoms. The van der Waals surface area contributed by atoms with Crippen molar-refractivity contribution in [1.82, 2.24) is 0 Å². The van der Waals surface area contributed by atoms with Gasteiger partial charge in [0.05, 0.1) is 5.04 Å². The fourth-order valence-corrected chi connectivity index (χ4v) is 2.64. The zero-order valence-electron chi connectivity index (χ0n) is 9.01. The first-order chi connectivity index (χ1) is 7.66. The number of aliphatic imine (C=N–C) groups is 1. The molecule has 16 heavy (non-hydrogen) atoms. The number of hydrogen-bond acceptors (Lipinski definition) is 3. The van der Waals surface area contributed by atoms with Crippen molar-refractivity contribution in [3.8, 4) is 0 Å². The number of thioether (sulfide) groups is 1. The predicted molar refractivity (Wildman–Crippen MR) is 66.2 cm³/mol. The molecule has 0 unspecified atom stereocenters. The molecule has 2 rings (SSSR count). The fraction of sp³-hybridized carbons (Fsp3) is 0.333. The Morgan fingerprint density at radius 3 is 2.94 bits per heavy atom. The maximum Gasteiger partial charge on any atom is 0.329 e. The van der Waals surface area contributed by atoms with Crippen molar-refractivity contribution in [2.24, 2.45) is 4.99 Å². The van der Waals surface area contributed by atoms with Gasteiger partial charge in [-0.2, -0.15) is 0 Å². The van der Waals surface area contributed by atoms with Gasteiger partial charge in [-0.25, -0.2) is 4.79 Å². The molecule has 1 aromatic rings. The predicted octanol–water partition coefficient (Wildman–Crippen LogP) is 2.14. The van der Waals surface area contributed by atoms with Crippen molar-refractivity contribution >= 4 is 22.8 Å². The van der Waals surface area contributed by atoms with Crippen LogP contribution in [-0.4, -0.2) is 27.9 Å². The number of carbonyl (C=O) groups is 1. The van der Waals surface area contributed by atoms with Crippen molar-refractivity contribution < 1.29 is 9.90 Å². The average Bonchev–Trinajstić information content (AvgIpc) is 2.70. The van der Waals surface area contributed by atoms with E-state index in [1.165, 1.54) is 11.1 Å². The molecule has 1 heterocycles. The van der Waals surface area contributed by atoms with Crippen molar-refractivity contribution in [1.29, 1.82) is 0 Å².